The average Bonchev–Trinajstić information content (AvgIpc) is 3.28. The van der Waals surface area contributed by atoms with Crippen LogP contribution >= 0.6 is 0 Å². The molecule has 144 valence electrons. The molecule has 1 amide bonds. The zero-order chi connectivity index (χ0) is 19.5. The van der Waals surface area contributed by atoms with Crippen LogP contribution in [0.3, 0.4) is 0 Å². The van der Waals surface area contributed by atoms with E-state index in [-0.39, 0.29) is 11.9 Å². The van der Waals surface area contributed by atoms with Gasteiger partial charge in [0.2, 0.25) is 5.91 Å². The van der Waals surface area contributed by atoms with Crippen molar-refractivity contribution in [2.24, 2.45) is 0 Å². The summed E-state index contributed by atoms with van der Waals surface area (Å²) >= 11 is 0. The van der Waals surface area contributed by atoms with E-state index < -0.39 is 0 Å². The quantitative estimate of drug-likeness (QED) is 0.537. The third-order valence-corrected chi connectivity index (χ3v) is 4.86. The second-order valence-electron chi connectivity index (χ2n) is 6.81. The smallest absolute Gasteiger partial charge is 0.225 e. The van der Waals surface area contributed by atoms with Crippen molar-refractivity contribution in [3.05, 3.63) is 66.2 Å². The van der Waals surface area contributed by atoms with Crippen molar-refractivity contribution >= 4 is 22.5 Å². The third kappa shape index (κ3) is 3.48. The lowest BCUT2D eigenvalue weighted by atomic mass is 10.1. The van der Waals surface area contributed by atoms with Crippen LogP contribution in [0, 0.1) is 0 Å². The van der Waals surface area contributed by atoms with E-state index in [1.54, 1.807) is 7.11 Å². The van der Waals surface area contributed by atoms with Gasteiger partial charge >= 0.3 is 0 Å². The maximum atomic E-state index is 12.7. The van der Waals surface area contributed by atoms with Gasteiger partial charge in [0.15, 0.2) is 11.5 Å². The van der Waals surface area contributed by atoms with E-state index >= 15 is 0 Å². The molecule has 28 heavy (non-hydrogen) atoms. The lowest BCUT2D eigenvalue weighted by Crippen LogP contribution is -2.29. The van der Waals surface area contributed by atoms with Crippen molar-refractivity contribution < 1.29 is 9.53 Å². The van der Waals surface area contributed by atoms with Crippen LogP contribution in [0.2, 0.25) is 0 Å². The first-order valence-corrected chi connectivity index (χ1v) is 9.32. The van der Waals surface area contributed by atoms with Gasteiger partial charge in [-0.3, -0.25) is 9.20 Å². The minimum absolute atomic E-state index is 0.0465. The zero-order valence-electron chi connectivity index (χ0n) is 16.0. The number of hydrogen-bond donors (Lipinski definition) is 1. The van der Waals surface area contributed by atoms with Crippen molar-refractivity contribution in [1.29, 1.82) is 0 Å². The molecule has 0 aliphatic carbocycles. The maximum absolute atomic E-state index is 12.7. The van der Waals surface area contributed by atoms with Crippen molar-refractivity contribution in [2.75, 3.05) is 13.7 Å². The Hall–Kier alpha value is -3.19. The number of hydrogen-bond acceptors (Lipinski definition) is 4. The molecule has 1 aromatic carbocycles. The summed E-state index contributed by atoms with van der Waals surface area (Å²) in [4.78, 5) is 12.7. The second-order valence-corrected chi connectivity index (χ2v) is 6.81. The molecule has 3 aromatic heterocycles. The van der Waals surface area contributed by atoms with Crippen LogP contribution in [0.25, 0.3) is 16.6 Å². The van der Waals surface area contributed by atoms with Gasteiger partial charge in [0, 0.05) is 37.0 Å². The summed E-state index contributed by atoms with van der Waals surface area (Å²) in [6.07, 6.45) is 4.25. The molecule has 0 radical (unpaired) electrons. The van der Waals surface area contributed by atoms with Gasteiger partial charge in [0.05, 0.1) is 19.1 Å². The van der Waals surface area contributed by atoms with Crippen LogP contribution < -0.4 is 5.32 Å². The molecule has 4 rings (SSSR count). The Morgan fingerprint density at radius 1 is 1.18 bits per heavy atom. The number of benzene rings is 1. The van der Waals surface area contributed by atoms with Crippen LogP contribution in [0.4, 0.5) is 0 Å². The SMILES string of the molecule is COCCn1cc(CC(=O)N[C@@H](C)c2nnc3ccccn23)c2ccccc21. The van der Waals surface area contributed by atoms with E-state index in [4.69, 9.17) is 4.74 Å². The molecular weight excluding hydrogens is 354 g/mol. The highest BCUT2D eigenvalue weighted by Crippen LogP contribution is 2.22. The number of nitrogens with zero attached hydrogens (tertiary/aromatic N) is 4. The normalized spacial score (nSPS) is 12.5. The molecule has 7 heteroatoms. The second kappa shape index (κ2) is 7.82. The molecule has 4 aromatic rings. The van der Waals surface area contributed by atoms with Crippen molar-refractivity contribution in [1.82, 2.24) is 24.5 Å². The molecule has 0 bridgehead atoms. The summed E-state index contributed by atoms with van der Waals surface area (Å²) in [5.74, 6) is 0.668. The lowest BCUT2D eigenvalue weighted by Gasteiger charge is -2.12. The molecule has 1 atom stereocenters. The minimum Gasteiger partial charge on any atom is -0.383 e. The fourth-order valence-corrected chi connectivity index (χ4v) is 3.52. The number of rotatable bonds is 7. The molecule has 0 aliphatic rings. The largest absolute Gasteiger partial charge is 0.383 e. The van der Waals surface area contributed by atoms with Gasteiger partial charge in [-0.15, -0.1) is 10.2 Å². The fourth-order valence-electron chi connectivity index (χ4n) is 3.52. The van der Waals surface area contributed by atoms with E-state index in [0.29, 0.717) is 18.9 Å². The minimum atomic E-state index is -0.244. The number of amides is 1. The molecule has 3 heterocycles. The van der Waals surface area contributed by atoms with Crippen LogP contribution in [-0.4, -0.2) is 38.8 Å². The molecule has 7 nitrogen and oxygen atoms in total. The van der Waals surface area contributed by atoms with Gasteiger partial charge in [-0.05, 0) is 30.7 Å². The Morgan fingerprint density at radius 3 is 2.86 bits per heavy atom. The van der Waals surface area contributed by atoms with E-state index in [2.05, 4.69) is 32.2 Å². The first kappa shape index (κ1) is 18.2. The van der Waals surface area contributed by atoms with Crippen molar-refractivity contribution in [2.45, 2.75) is 25.9 Å². The summed E-state index contributed by atoms with van der Waals surface area (Å²) < 4.78 is 9.23. The summed E-state index contributed by atoms with van der Waals surface area (Å²) in [6.45, 7) is 3.30. The Balaban J connectivity index is 1.52. The topological polar surface area (TPSA) is 73.4 Å². The standard InChI is InChI=1S/C21H23N5O2/c1-15(21-24-23-19-9-5-6-10-26(19)21)22-20(27)13-16-14-25(11-12-28-2)18-8-4-3-7-17(16)18/h3-10,14-15H,11-13H2,1-2H3,(H,22,27)/t15-/m0/s1. The molecule has 0 spiro atoms. The van der Waals surface area contributed by atoms with Crippen LogP contribution in [0.5, 0.6) is 0 Å². The number of carbonyl (C=O) groups is 1. The van der Waals surface area contributed by atoms with Gasteiger partial charge < -0.3 is 14.6 Å². The van der Waals surface area contributed by atoms with Crippen LogP contribution in [0.15, 0.2) is 54.9 Å². The Morgan fingerprint density at radius 2 is 2.00 bits per heavy atom. The predicted molar refractivity (Wildman–Crippen MR) is 107 cm³/mol. The monoisotopic (exact) mass is 377 g/mol. The molecular formula is C21H23N5O2. The number of nitrogens with one attached hydrogen (secondary N) is 1. The molecule has 0 saturated carbocycles. The van der Waals surface area contributed by atoms with Crippen LogP contribution in [-0.2, 0) is 22.5 Å². The summed E-state index contributed by atoms with van der Waals surface area (Å²) in [5, 5.41) is 12.5. The maximum Gasteiger partial charge on any atom is 0.225 e. The van der Waals surface area contributed by atoms with Crippen molar-refractivity contribution in [3.63, 3.8) is 0 Å². The highest BCUT2D eigenvalue weighted by Gasteiger charge is 2.17. The molecule has 0 saturated heterocycles. The lowest BCUT2D eigenvalue weighted by molar-refractivity contribution is -0.121. The number of para-hydroxylation sites is 1. The van der Waals surface area contributed by atoms with Gasteiger partial charge in [-0.2, -0.15) is 0 Å². The zero-order valence-corrected chi connectivity index (χ0v) is 16.0. The van der Waals surface area contributed by atoms with Crippen LogP contribution in [0.1, 0.15) is 24.4 Å². The Labute approximate surface area is 162 Å². The highest BCUT2D eigenvalue weighted by atomic mass is 16.5. The number of aromatic nitrogens is 4. The number of ether oxygens (including phenoxy) is 1. The number of methoxy groups -OCH3 is 1. The third-order valence-electron chi connectivity index (χ3n) is 4.86. The molecule has 0 unspecified atom stereocenters. The van der Waals surface area contributed by atoms with E-state index in [0.717, 1.165) is 28.7 Å². The van der Waals surface area contributed by atoms with Crippen molar-refractivity contribution in [3.8, 4) is 0 Å². The van der Waals surface area contributed by atoms with Gasteiger partial charge in [0.25, 0.3) is 0 Å². The molecule has 1 N–H and O–H groups in total. The number of pyridine rings is 1. The first-order valence-electron chi connectivity index (χ1n) is 9.32. The van der Waals surface area contributed by atoms with Gasteiger partial charge in [-0.1, -0.05) is 24.3 Å². The highest BCUT2D eigenvalue weighted by molar-refractivity contribution is 5.89. The van der Waals surface area contributed by atoms with Gasteiger partial charge in [-0.25, -0.2) is 0 Å². The Kier molecular flexibility index (Phi) is 5.08. The van der Waals surface area contributed by atoms with Gasteiger partial charge in [0.1, 0.15) is 0 Å². The summed E-state index contributed by atoms with van der Waals surface area (Å²) in [5.41, 5.74) is 2.88. The Bertz CT molecular complexity index is 1110. The predicted octanol–water partition coefficient (Wildman–Crippen LogP) is 2.75. The fraction of sp³-hybridized carbons (Fsp3) is 0.286. The summed E-state index contributed by atoms with van der Waals surface area (Å²) in [6, 6.07) is 13.6. The average molecular weight is 377 g/mol. The summed E-state index contributed by atoms with van der Waals surface area (Å²) in [7, 11) is 1.69. The first-order chi connectivity index (χ1) is 13.7. The molecule has 0 aliphatic heterocycles. The number of fused-ring (bicyclic) bond motifs is 2. The van der Waals surface area contributed by atoms with E-state index in [9.17, 15) is 4.79 Å². The number of carbonyl (C=O) groups excluding carboxylic acids is 1. The van der Waals surface area contributed by atoms with E-state index in [1.807, 2.05) is 54.0 Å². The van der Waals surface area contributed by atoms with E-state index in [1.165, 1.54) is 0 Å². The molecule has 0 fully saturated rings.